The molecule has 20 heavy (non-hydrogen) atoms. The van der Waals surface area contributed by atoms with Crippen molar-refractivity contribution in [1.82, 2.24) is 5.32 Å². The highest BCUT2D eigenvalue weighted by Crippen LogP contribution is 2.27. The number of anilines is 1. The lowest BCUT2D eigenvalue weighted by molar-refractivity contribution is -0.115. The van der Waals surface area contributed by atoms with Gasteiger partial charge in [-0.2, -0.15) is 0 Å². The molecule has 0 atom stereocenters. The molecule has 0 bridgehead atoms. The summed E-state index contributed by atoms with van der Waals surface area (Å²) in [6.07, 6.45) is 7.70. The zero-order valence-electron chi connectivity index (χ0n) is 12.4. The van der Waals surface area contributed by atoms with Gasteiger partial charge in [-0.15, -0.1) is 0 Å². The minimum atomic E-state index is 0.0480. The number of benzene rings is 1. The molecular weight excluding hydrogens is 248 g/mol. The molecule has 1 saturated carbocycles. The van der Waals surface area contributed by atoms with Gasteiger partial charge < -0.3 is 10.6 Å². The van der Waals surface area contributed by atoms with Gasteiger partial charge in [0.25, 0.3) is 0 Å². The lowest BCUT2D eigenvalue weighted by Gasteiger charge is -2.28. The molecule has 3 nitrogen and oxygen atoms in total. The second kappa shape index (κ2) is 8.05. The van der Waals surface area contributed by atoms with Crippen LogP contribution in [0.1, 0.15) is 45.4 Å². The Morgan fingerprint density at radius 2 is 1.85 bits per heavy atom. The summed E-state index contributed by atoms with van der Waals surface area (Å²) < 4.78 is 0. The number of carbonyl (C=O) groups excluding carboxylic acids is 1. The van der Waals surface area contributed by atoms with Crippen molar-refractivity contribution >= 4 is 11.6 Å². The molecular formula is C17H26N2O. The monoisotopic (exact) mass is 274 g/mol. The highest BCUT2D eigenvalue weighted by molar-refractivity contribution is 5.92. The van der Waals surface area contributed by atoms with E-state index in [0.717, 1.165) is 11.6 Å². The minimum Gasteiger partial charge on any atom is -0.325 e. The molecule has 0 radical (unpaired) electrons. The third-order valence-electron chi connectivity index (χ3n) is 4.15. The van der Waals surface area contributed by atoms with Crippen LogP contribution in [0.4, 0.5) is 5.69 Å². The highest BCUT2D eigenvalue weighted by atomic mass is 16.1. The minimum absolute atomic E-state index is 0.0480. The van der Waals surface area contributed by atoms with Crippen molar-refractivity contribution in [2.75, 3.05) is 11.9 Å². The van der Waals surface area contributed by atoms with E-state index in [-0.39, 0.29) is 5.91 Å². The summed E-state index contributed by atoms with van der Waals surface area (Å²) in [6.45, 7) is 2.68. The van der Waals surface area contributed by atoms with E-state index in [1.165, 1.54) is 38.5 Å². The molecule has 2 N–H and O–H groups in total. The van der Waals surface area contributed by atoms with Crippen LogP contribution >= 0.6 is 0 Å². The van der Waals surface area contributed by atoms with E-state index < -0.39 is 0 Å². The predicted octanol–water partition coefficient (Wildman–Crippen LogP) is 3.57. The van der Waals surface area contributed by atoms with Crippen LogP contribution in [-0.4, -0.2) is 18.5 Å². The van der Waals surface area contributed by atoms with Crippen LogP contribution in [-0.2, 0) is 4.79 Å². The Labute approximate surface area is 122 Å². The Hall–Kier alpha value is -1.35. The Balaban J connectivity index is 1.64. The predicted molar refractivity (Wildman–Crippen MR) is 83.7 cm³/mol. The molecule has 0 saturated heterocycles. The number of carbonyl (C=O) groups is 1. The Morgan fingerprint density at radius 1 is 1.15 bits per heavy atom. The molecule has 3 heteroatoms. The van der Waals surface area contributed by atoms with Crippen molar-refractivity contribution in [3.05, 3.63) is 30.3 Å². The normalized spacial score (nSPS) is 22.4. The summed E-state index contributed by atoms with van der Waals surface area (Å²) >= 11 is 0. The van der Waals surface area contributed by atoms with Crippen molar-refractivity contribution in [2.45, 2.75) is 51.5 Å². The van der Waals surface area contributed by atoms with Gasteiger partial charge in [-0.1, -0.05) is 38.0 Å². The Bertz CT molecular complexity index is 397. The first-order valence-electron chi connectivity index (χ1n) is 7.86. The fraction of sp³-hybridized carbons (Fsp3) is 0.588. The molecule has 0 unspecified atom stereocenters. The second-order valence-corrected chi connectivity index (χ2v) is 5.80. The van der Waals surface area contributed by atoms with Crippen LogP contribution in [0.15, 0.2) is 30.3 Å². The van der Waals surface area contributed by atoms with Crippen LogP contribution in [0.5, 0.6) is 0 Å². The van der Waals surface area contributed by atoms with Crippen LogP contribution < -0.4 is 10.6 Å². The lowest BCUT2D eigenvalue weighted by atomic mass is 9.83. The number of hydrogen-bond acceptors (Lipinski definition) is 2. The first-order chi connectivity index (χ1) is 9.78. The lowest BCUT2D eigenvalue weighted by Crippen LogP contribution is -2.38. The van der Waals surface area contributed by atoms with Gasteiger partial charge in [0.15, 0.2) is 0 Å². The number of rotatable bonds is 6. The van der Waals surface area contributed by atoms with Gasteiger partial charge in [-0.05, 0) is 43.7 Å². The maximum atomic E-state index is 11.8. The Kier molecular flexibility index (Phi) is 6.06. The van der Waals surface area contributed by atoms with Crippen molar-refractivity contribution in [1.29, 1.82) is 0 Å². The van der Waals surface area contributed by atoms with E-state index in [1.54, 1.807) is 0 Å². The molecule has 0 aliphatic heterocycles. The summed E-state index contributed by atoms with van der Waals surface area (Å²) in [6, 6.07) is 10.1. The van der Waals surface area contributed by atoms with Crippen LogP contribution in [0.25, 0.3) is 0 Å². The molecule has 0 aromatic heterocycles. The summed E-state index contributed by atoms with van der Waals surface area (Å²) in [5.74, 6) is 0.961. The topological polar surface area (TPSA) is 41.1 Å². The standard InChI is InChI=1S/C17H26N2O/c1-2-6-14-9-11-15(12-10-14)18-13-17(20)19-16-7-4-3-5-8-16/h3-5,7-8,14-15,18H,2,6,9-13H2,1H3,(H,19,20). The van der Waals surface area contributed by atoms with E-state index >= 15 is 0 Å². The number of nitrogens with one attached hydrogen (secondary N) is 2. The third-order valence-corrected chi connectivity index (χ3v) is 4.15. The van der Waals surface area contributed by atoms with Gasteiger partial charge in [0.05, 0.1) is 6.54 Å². The second-order valence-electron chi connectivity index (χ2n) is 5.80. The zero-order valence-corrected chi connectivity index (χ0v) is 12.4. The summed E-state index contributed by atoms with van der Waals surface area (Å²) in [5, 5.41) is 6.30. The van der Waals surface area contributed by atoms with Gasteiger partial charge in [-0.3, -0.25) is 4.79 Å². The fourth-order valence-electron chi connectivity index (χ4n) is 3.03. The molecule has 1 amide bonds. The van der Waals surface area contributed by atoms with Gasteiger partial charge in [0.2, 0.25) is 5.91 Å². The van der Waals surface area contributed by atoms with Gasteiger partial charge >= 0.3 is 0 Å². The van der Waals surface area contributed by atoms with Gasteiger partial charge in [0, 0.05) is 11.7 Å². The number of hydrogen-bond donors (Lipinski definition) is 2. The Morgan fingerprint density at radius 3 is 2.50 bits per heavy atom. The highest BCUT2D eigenvalue weighted by Gasteiger charge is 2.20. The third kappa shape index (κ3) is 4.97. The van der Waals surface area contributed by atoms with Crippen LogP contribution in [0, 0.1) is 5.92 Å². The molecule has 110 valence electrons. The van der Waals surface area contributed by atoms with Crippen molar-refractivity contribution < 1.29 is 4.79 Å². The van der Waals surface area contributed by atoms with E-state index in [2.05, 4.69) is 17.6 Å². The average molecular weight is 274 g/mol. The van der Waals surface area contributed by atoms with Crippen LogP contribution in [0.2, 0.25) is 0 Å². The van der Waals surface area contributed by atoms with E-state index in [4.69, 9.17) is 0 Å². The van der Waals surface area contributed by atoms with Crippen molar-refractivity contribution in [3.8, 4) is 0 Å². The molecule has 0 spiro atoms. The molecule has 0 heterocycles. The van der Waals surface area contributed by atoms with E-state index in [9.17, 15) is 4.79 Å². The fourth-order valence-corrected chi connectivity index (χ4v) is 3.03. The largest absolute Gasteiger partial charge is 0.325 e. The average Bonchev–Trinajstić information content (AvgIpc) is 2.48. The number of para-hydroxylation sites is 1. The molecule has 1 aromatic carbocycles. The zero-order chi connectivity index (χ0) is 14.2. The van der Waals surface area contributed by atoms with E-state index in [1.807, 2.05) is 30.3 Å². The van der Waals surface area contributed by atoms with E-state index in [0.29, 0.717) is 12.6 Å². The smallest absolute Gasteiger partial charge is 0.238 e. The first kappa shape index (κ1) is 15.0. The summed E-state index contributed by atoms with van der Waals surface area (Å²) in [4.78, 5) is 11.8. The SMILES string of the molecule is CCCC1CCC(NCC(=O)Nc2ccccc2)CC1. The summed E-state index contributed by atoms with van der Waals surface area (Å²) in [5.41, 5.74) is 0.867. The van der Waals surface area contributed by atoms with Crippen molar-refractivity contribution in [2.24, 2.45) is 5.92 Å². The van der Waals surface area contributed by atoms with Crippen LogP contribution in [0.3, 0.4) is 0 Å². The van der Waals surface area contributed by atoms with Gasteiger partial charge in [0.1, 0.15) is 0 Å². The summed E-state index contributed by atoms with van der Waals surface area (Å²) in [7, 11) is 0. The van der Waals surface area contributed by atoms with Gasteiger partial charge in [-0.25, -0.2) is 0 Å². The quantitative estimate of drug-likeness (QED) is 0.832. The molecule has 1 aliphatic carbocycles. The molecule has 2 rings (SSSR count). The maximum absolute atomic E-state index is 11.8. The number of amides is 1. The van der Waals surface area contributed by atoms with Crippen molar-refractivity contribution in [3.63, 3.8) is 0 Å². The molecule has 1 aliphatic rings. The molecule has 1 aromatic rings. The first-order valence-corrected chi connectivity index (χ1v) is 7.86. The maximum Gasteiger partial charge on any atom is 0.238 e. The molecule has 1 fully saturated rings.